The molecule has 1 saturated heterocycles. The van der Waals surface area contributed by atoms with Gasteiger partial charge in [-0.2, -0.15) is 0 Å². The first kappa shape index (κ1) is 18.0. The lowest BCUT2D eigenvalue weighted by Crippen LogP contribution is -2.50. The Morgan fingerprint density at radius 1 is 1.41 bits per heavy atom. The third-order valence-corrected chi connectivity index (χ3v) is 6.46. The highest BCUT2D eigenvalue weighted by Gasteiger charge is 2.52. The summed E-state index contributed by atoms with van der Waals surface area (Å²) in [6.45, 7) is 2.16. The van der Waals surface area contributed by atoms with Gasteiger partial charge < -0.3 is 10.6 Å². The normalized spacial score (nSPS) is 25.4. The summed E-state index contributed by atoms with van der Waals surface area (Å²) in [5, 5.41) is 7.53. The van der Waals surface area contributed by atoms with Gasteiger partial charge in [-0.05, 0) is 31.6 Å². The van der Waals surface area contributed by atoms with Crippen molar-refractivity contribution in [3.8, 4) is 0 Å². The number of imide groups is 1. The molecule has 4 amide bonds. The van der Waals surface area contributed by atoms with Gasteiger partial charge in [-0.1, -0.05) is 13.3 Å². The number of rotatable bonds is 5. The van der Waals surface area contributed by atoms with Crippen LogP contribution in [0, 0.1) is 5.92 Å². The highest BCUT2D eigenvalue weighted by atomic mass is 32.1. The number of fused-ring (bicyclic) bond motifs is 1. The number of hydrogen-bond donors (Lipinski definition) is 2. The van der Waals surface area contributed by atoms with Crippen molar-refractivity contribution < 1.29 is 14.4 Å². The van der Waals surface area contributed by atoms with E-state index in [2.05, 4.69) is 22.5 Å². The highest BCUT2D eigenvalue weighted by Crippen LogP contribution is 2.37. The Labute approximate surface area is 160 Å². The van der Waals surface area contributed by atoms with Crippen LogP contribution in [0.5, 0.6) is 0 Å². The van der Waals surface area contributed by atoms with Gasteiger partial charge in [0.1, 0.15) is 12.1 Å². The van der Waals surface area contributed by atoms with Gasteiger partial charge in [-0.25, -0.2) is 9.78 Å². The number of imidazole rings is 1. The summed E-state index contributed by atoms with van der Waals surface area (Å²) in [4.78, 5) is 43.7. The molecule has 0 bridgehead atoms. The number of carbonyl (C=O) groups excluding carboxylic acids is 3. The fraction of sp³-hybridized carbons (Fsp3) is 0.556. The van der Waals surface area contributed by atoms with Crippen molar-refractivity contribution in [3.05, 3.63) is 23.5 Å². The van der Waals surface area contributed by atoms with E-state index in [9.17, 15) is 14.4 Å². The molecule has 3 heterocycles. The number of aromatic nitrogens is 2. The Hall–Kier alpha value is -2.42. The zero-order valence-corrected chi connectivity index (χ0v) is 16.1. The van der Waals surface area contributed by atoms with Gasteiger partial charge in [0.05, 0.1) is 12.2 Å². The molecule has 0 atom stereocenters. The quantitative estimate of drug-likeness (QED) is 0.764. The van der Waals surface area contributed by atoms with E-state index in [-0.39, 0.29) is 24.9 Å². The van der Waals surface area contributed by atoms with Gasteiger partial charge in [0.15, 0.2) is 4.96 Å². The summed E-state index contributed by atoms with van der Waals surface area (Å²) in [5.74, 6) is -0.0175. The zero-order chi connectivity index (χ0) is 19.0. The Morgan fingerprint density at radius 2 is 2.19 bits per heavy atom. The van der Waals surface area contributed by atoms with Crippen LogP contribution >= 0.6 is 11.3 Å². The molecule has 2 aromatic rings. The first-order valence-corrected chi connectivity index (χ1v) is 10.2. The van der Waals surface area contributed by atoms with Crippen molar-refractivity contribution >= 4 is 34.1 Å². The Balaban J connectivity index is 1.34. The smallest absolute Gasteiger partial charge is 0.325 e. The van der Waals surface area contributed by atoms with Crippen molar-refractivity contribution in [3.63, 3.8) is 0 Å². The molecule has 1 spiro atoms. The van der Waals surface area contributed by atoms with E-state index in [0.29, 0.717) is 18.8 Å². The molecular weight excluding hydrogens is 366 g/mol. The lowest BCUT2D eigenvalue weighted by molar-refractivity contribution is -0.136. The average molecular weight is 389 g/mol. The Kier molecular flexibility index (Phi) is 4.63. The summed E-state index contributed by atoms with van der Waals surface area (Å²) in [7, 11) is 0. The lowest BCUT2D eigenvalue weighted by atomic mass is 9.75. The van der Waals surface area contributed by atoms with Gasteiger partial charge in [0, 0.05) is 17.8 Å². The van der Waals surface area contributed by atoms with Crippen molar-refractivity contribution in [2.45, 2.75) is 51.1 Å². The van der Waals surface area contributed by atoms with Crippen LogP contribution < -0.4 is 10.6 Å². The molecule has 2 aromatic heterocycles. The maximum atomic E-state index is 12.8. The molecule has 8 nitrogen and oxygen atoms in total. The summed E-state index contributed by atoms with van der Waals surface area (Å²) in [6, 6.07) is -0.465. The number of thiazole rings is 1. The van der Waals surface area contributed by atoms with Crippen LogP contribution in [-0.4, -0.2) is 44.2 Å². The summed E-state index contributed by atoms with van der Waals surface area (Å²) >= 11 is 1.52. The van der Waals surface area contributed by atoms with E-state index in [1.165, 1.54) is 11.3 Å². The number of carbonyl (C=O) groups is 3. The highest BCUT2D eigenvalue weighted by molar-refractivity contribution is 7.15. The Bertz CT molecular complexity index is 852. The number of hydrogen-bond acceptors (Lipinski definition) is 5. The molecule has 1 saturated carbocycles. The van der Waals surface area contributed by atoms with E-state index in [0.717, 1.165) is 34.8 Å². The maximum absolute atomic E-state index is 12.8. The molecule has 0 radical (unpaired) electrons. The van der Waals surface area contributed by atoms with Crippen molar-refractivity contribution in [2.24, 2.45) is 5.92 Å². The molecule has 1 aliphatic carbocycles. The molecule has 1 aliphatic heterocycles. The van der Waals surface area contributed by atoms with E-state index in [4.69, 9.17) is 0 Å². The monoisotopic (exact) mass is 389 g/mol. The molecule has 27 heavy (non-hydrogen) atoms. The SMILES string of the molecule is CCC1CCC2(CC1)NC(=O)N(CC(=O)NCc1cn3ccsc3n1)C2=O. The van der Waals surface area contributed by atoms with Gasteiger partial charge in [-0.3, -0.25) is 18.9 Å². The van der Waals surface area contributed by atoms with E-state index in [1.807, 2.05) is 22.2 Å². The topological polar surface area (TPSA) is 95.8 Å². The number of amides is 4. The second-order valence-electron chi connectivity index (χ2n) is 7.36. The lowest BCUT2D eigenvalue weighted by Gasteiger charge is -2.34. The van der Waals surface area contributed by atoms with Crippen LogP contribution in [-0.2, 0) is 16.1 Å². The number of nitrogens with zero attached hydrogens (tertiary/aromatic N) is 3. The van der Waals surface area contributed by atoms with E-state index >= 15 is 0 Å². The maximum Gasteiger partial charge on any atom is 0.325 e. The number of urea groups is 1. The minimum Gasteiger partial charge on any atom is -0.349 e. The predicted molar refractivity (Wildman–Crippen MR) is 100 cm³/mol. The third-order valence-electron chi connectivity index (χ3n) is 5.69. The predicted octanol–water partition coefficient (Wildman–Crippen LogP) is 1.90. The molecule has 2 fully saturated rings. The second-order valence-corrected chi connectivity index (χ2v) is 8.23. The molecule has 4 rings (SSSR count). The summed E-state index contributed by atoms with van der Waals surface area (Å²) < 4.78 is 1.89. The fourth-order valence-electron chi connectivity index (χ4n) is 3.99. The second kappa shape index (κ2) is 6.95. The third kappa shape index (κ3) is 3.31. The van der Waals surface area contributed by atoms with Crippen LogP contribution in [0.25, 0.3) is 4.96 Å². The first-order chi connectivity index (χ1) is 13.0. The summed E-state index contributed by atoms with van der Waals surface area (Å²) in [6.07, 6.45) is 8.01. The zero-order valence-electron chi connectivity index (χ0n) is 15.2. The van der Waals surface area contributed by atoms with E-state index < -0.39 is 11.6 Å². The van der Waals surface area contributed by atoms with Gasteiger partial charge in [0.25, 0.3) is 5.91 Å². The molecular formula is C18H23N5O3S. The molecule has 144 valence electrons. The first-order valence-electron chi connectivity index (χ1n) is 9.32. The Morgan fingerprint density at radius 3 is 2.89 bits per heavy atom. The van der Waals surface area contributed by atoms with Crippen LogP contribution in [0.3, 0.4) is 0 Å². The fourth-order valence-corrected chi connectivity index (χ4v) is 4.71. The average Bonchev–Trinajstić information content (AvgIpc) is 3.31. The minimum absolute atomic E-state index is 0.258. The van der Waals surface area contributed by atoms with E-state index in [1.54, 1.807) is 0 Å². The van der Waals surface area contributed by atoms with Crippen LogP contribution in [0.15, 0.2) is 17.8 Å². The standard InChI is InChI=1S/C18H23N5O3S/c1-2-12-3-5-18(6-4-12)15(25)23(16(26)21-18)11-14(24)19-9-13-10-22-7-8-27-17(22)20-13/h7-8,10,12H,2-6,9,11H2,1H3,(H,19,24)(H,21,26). The molecule has 0 unspecified atom stereocenters. The summed E-state index contributed by atoms with van der Waals surface area (Å²) in [5.41, 5.74) is -0.0705. The van der Waals surface area contributed by atoms with Gasteiger partial charge in [0.2, 0.25) is 5.91 Å². The van der Waals surface area contributed by atoms with Gasteiger partial charge >= 0.3 is 6.03 Å². The molecule has 9 heteroatoms. The van der Waals surface area contributed by atoms with Crippen LogP contribution in [0.4, 0.5) is 4.79 Å². The number of nitrogens with one attached hydrogen (secondary N) is 2. The minimum atomic E-state index is -0.808. The van der Waals surface area contributed by atoms with Crippen molar-refractivity contribution in [2.75, 3.05) is 6.54 Å². The van der Waals surface area contributed by atoms with Crippen molar-refractivity contribution in [1.82, 2.24) is 24.9 Å². The molecule has 0 aromatic carbocycles. The van der Waals surface area contributed by atoms with Crippen molar-refractivity contribution in [1.29, 1.82) is 0 Å². The largest absolute Gasteiger partial charge is 0.349 e. The molecule has 2 aliphatic rings. The van der Waals surface area contributed by atoms with Crippen LogP contribution in [0.1, 0.15) is 44.7 Å². The van der Waals surface area contributed by atoms with Crippen LogP contribution in [0.2, 0.25) is 0 Å². The molecule has 2 N–H and O–H groups in total. The van der Waals surface area contributed by atoms with Gasteiger partial charge in [-0.15, -0.1) is 11.3 Å².